The van der Waals surface area contributed by atoms with Crippen molar-refractivity contribution in [2.45, 2.75) is 27.4 Å². The lowest BCUT2D eigenvalue weighted by atomic mass is 10.1. The van der Waals surface area contributed by atoms with Gasteiger partial charge in [0.1, 0.15) is 5.75 Å². The van der Waals surface area contributed by atoms with Gasteiger partial charge < -0.3 is 9.84 Å². The maximum absolute atomic E-state index is 9.09. The van der Waals surface area contributed by atoms with E-state index in [9.17, 15) is 0 Å². The topological polar surface area (TPSA) is 42.4 Å². The average Bonchev–Trinajstić information content (AvgIpc) is 2.34. The Morgan fingerprint density at radius 1 is 1.06 bits per heavy atom. The summed E-state index contributed by atoms with van der Waals surface area (Å²) in [6.45, 7) is 5.98. The molecular formula is C15H17NO2. The number of benzene rings is 1. The molecule has 2 rings (SSSR count). The van der Waals surface area contributed by atoms with Crippen molar-refractivity contribution in [1.82, 2.24) is 4.98 Å². The molecule has 0 saturated heterocycles. The molecule has 0 unspecified atom stereocenters. The number of aromatic nitrogens is 1. The van der Waals surface area contributed by atoms with Gasteiger partial charge >= 0.3 is 0 Å². The molecule has 18 heavy (non-hydrogen) atoms. The Morgan fingerprint density at radius 2 is 1.83 bits per heavy atom. The normalized spacial score (nSPS) is 10.4. The molecule has 1 aromatic heterocycles. The Hall–Kier alpha value is -1.87. The zero-order valence-corrected chi connectivity index (χ0v) is 10.9. The Morgan fingerprint density at radius 3 is 2.44 bits per heavy atom. The highest BCUT2D eigenvalue weighted by Gasteiger charge is 2.04. The predicted molar refractivity (Wildman–Crippen MR) is 70.9 cm³/mol. The summed E-state index contributed by atoms with van der Waals surface area (Å²) in [5.41, 5.74) is 4.04. The lowest BCUT2D eigenvalue weighted by Crippen LogP contribution is -1.95. The first-order chi connectivity index (χ1) is 8.60. The van der Waals surface area contributed by atoms with E-state index in [4.69, 9.17) is 9.84 Å². The van der Waals surface area contributed by atoms with Gasteiger partial charge in [-0.05, 0) is 55.7 Å². The van der Waals surface area contributed by atoms with Crippen LogP contribution in [0.25, 0.3) is 0 Å². The van der Waals surface area contributed by atoms with Crippen LogP contribution in [-0.2, 0) is 6.61 Å². The summed E-state index contributed by atoms with van der Waals surface area (Å²) < 4.78 is 5.70. The minimum atomic E-state index is 0.00273. The number of hydrogen-bond acceptors (Lipinski definition) is 3. The Kier molecular flexibility index (Phi) is 3.63. The van der Waals surface area contributed by atoms with Crippen LogP contribution in [0.2, 0.25) is 0 Å². The predicted octanol–water partition coefficient (Wildman–Crippen LogP) is 3.29. The standard InChI is InChI=1S/C15H17NO2/c1-10-4-6-14(8-11(10)2)18-15-7-5-13(9-17)12(3)16-15/h4-8,17H,9H2,1-3H3. The summed E-state index contributed by atoms with van der Waals surface area (Å²) in [5.74, 6) is 1.33. The summed E-state index contributed by atoms with van der Waals surface area (Å²) >= 11 is 0. The van der Waals surface area contributed by atoms with Crippen molar-refractivity contribution in [1.29, 1.82) is 0 Å². The molecule has 0 bridgehead atoms. The molecule has 0 atom stereocenters. The summed E-state index contributed by atoms with van der Waals surface area (Å²) in [5, 5.41) is 9.09. The third kappa shape index (κ3) is 2.68. The zero-order chi connectivity index (χ0) is 13.1. The van der Waals surface area contributed by atoms with Gasteiger partial charge in [-0.1, -0.05) is 6.07 Å². The van der Waals surface area contributed by atoms with Crippen molar-refractivity contribution in [2.75, 3.05) is 0 Å². The van der Waals surface area contributed by atoms with Crippen molar-refractivity contribution in [2.24, 2.45) is 0 Å². The highest BCUT2D eigenvalue weighted by atomic mass is 16.5. The first-order valence-corrected chi connectivity index (χ1v) is 5.92. The van der Waals surface area contributed by atoms with E-state index in [2.05, 4.69) is 18.8 Å². The molecule has 0 aliphatic heterocycles. The second-order valence-electron chi connectivity index (χ2n) is 4.40. The smallest absolute Gasteiger partial charge is 0.219 e. The lowest BCUT2D eigenvalue weighted by molar-refractivity contribution is 0.280. The summed E-state index contributed by atoms with van der Waals surface area (Å²) in [6.07, 6.45) is 0. The molecule has 3 heteroatoms. The SMILES string of the molecule is Cc1ccc(Oc2ccc(CO)c(C)n2)cc1C. The quantitative estimate of drug-likeness (QED) is 0.899. The molecule has 0 aliphatic carbocycles. The van der Waals surface area contributed by atoms with Crippen LogP contribution in [0.3, 0.4) is 0 Å². The van der Waals surface area contributed by atoms with Crippen molar-refractivity contribution >= 4 is 0 Å². The molecule has 0 radical (unpaired) electrons. The van der Waals surface area contributed by atoms with Gasteiger partial charge in [-0.2, -0.15) is 0 Å². The molecule has 1 heterocycles. The number of pyridine rings is 1. The van der Waals surface area contributed by atoms with E-state index in [1.165, 1.54) is 11.1 Å². The van der Waals surface area contributed by atoms with E-state index in [1.807, 2.05) is 31.2 Å². The Balaban J connectivity index is 2.23. The van der Waals surface area contributed by atoms with Crippen LogP contribution in [0.4, 0.5) is 0 Å². The van der Waals surface area contributed by atoms with Crippen LogP contribution in [-0.4, -0.2) is 10.1 Å². The summed E-state index contributed by atoms with van der Waals surface area (Å²) in [4.78, 5) is 4.31. The van der Waals surface area contributed by atoms with Crippen molar-refractivity contribution in [3.8, 4) is 11.6 Å². The number of aliphatic hydroxyl groups is 1. The van der Waals surface area contributed by atoms with Crippen LogP contribution >= 0.6 is 0 Å². The summed E-state index contributed by atoms with van der Waals surface area (Å²) in [7, 11) is 0. The minimum absolute atomic E-state index is 0.00273. The van der Waals surface area contributed by atoms with E-state index in [0.29, 0.717) is 5.88 Å². The fourth-order valence-electron chi connectivity index (χ4n) is 1.69. The molecule has 0 saturated carbocycles. The third-order valence-electron chi connectivity index (χ3n) is 3.04. The molecule has 2 aromatic rings. The second-order valence-corrected chi connectivity index (χ2v) is 4.40. The van der Waals surface area contributed by atoms with E-state index in [0.717, 1.165) is 17.0 Å². The average molecular weight is 243 g/mol. The Bertz CT molecular complexity index is 564. The van der Waals surface area contributed by atoms with Crippen molar-refractivity contribution in [3.05, 3.63) is 52.7 Å². The third-order valence-corrected chi connectivity index (χ3v) is 3.04. The fourth-order valence-corrected chi connectivity index (χ4v) is 1.69. The van der Waals surface area contributed by atoms with Gasteiger partial charge in [0.2, 0.25) is 5.88 Å². The maximum atomic E-state index is 9.09. The van der Waals surface area contributed by atoms with Gasteiger partial charge in [0, 0.05) is 11.8 Å². The van der Waals surface area contributed by atoms with Crippen molar-refractivity contribution < 1.29 is 9.84 Å². The number of aliphatic hydroxyl groups excluding tert-OH is 1. The highest BCUT2D eigenvalue weighted by Crippen LogP contribution is 2.23. The second kappa shape index (κ2) is 5.19. The minimum Gasteiger partial charge on any atom is -0.439 e. The van der Waals surface area contributed by atoms with Crippen LogP contribution in [0.15, 0.2) is 30.3 Å². The molecule has 0 spiro atoms. The molecule has 3 nitrogen and oxygen atoms in total. The number of nitrogens with zero attached hydrogens (tertiary/aromatic N) is 1. The van der Waals surface area contributed by atoms with E-state index in [1.54, 1.807) is 6.07 Å². The molecule has 94 valence electrons. The molecule has 0 aliphatic rings. The molecule has 1 aromatic carbocycles. The molecular weight excluding hydrogens is 226 g/mol. The van der Waals surface area contributed by atoms with Crippen LogP contribution in [0.5, 0.6) is 11.6 Å². The lowest BCUT2D eigenvalue weighted by Gasteiger charge is -2.09. The zero-order valence-electron chi connectivity index (χ0n) is 10.9. The highest BCUT2D eigenvalue weighted by molar-refractivity contribution is 5.36. The molecule has 0 amide bonds. The van der Waals surface area contributed by atoms with Gasteiger partial charge in [-0.15, -0.1) is 0 Å². The van der Waals surface area contributed by atoms with E-state index < -0.39 is 0 Å². The number of ether oxygens (including phenoxy) is 1. The van der Waals surface area contributed by atoms with Crippen LogP contribution in [0, 0.1) is 20.8 Å². The maximum Gasteiger partial charge on any atom is 0.219 e. The van der Waals surface area contributed by atoms with E-state index >= 15 is 0 Å². The van der Waals surface area contributed by atoms with Gasteiger partial charge in [0.15, 0.2) is 0 Å². The van der Waals surface area contributed by atoms with E-state index in [-0.39, 0.29) is 6.61 Å². The number of aryl methyl sites for hydroxylation is 3. The summed E-state index contributed by atoms with van der Waals surface area (Å²) in [6, 6.07) is 9.55. The van der Waals surface area contributed by atoms with Crippen molar-refractivity contribution in [3.63, 3.8) is 0 Å². The Labute approximate surface area is 107 Å². The van der Waals surface area contributed by atoms with Crippen LogP contribution in [0.1, 0.15) is 22.4 Å². The number of rotatable bonds is 3. The largest absolute Gasteiger partial charge is 0.439 e. The van der Waals surface area contributed by atoms with Gasteiger partial charge in [0.05, 0.1) is 6.61 Å². The van der Waals surface area contributed by atoms with Gasteiger partial charge in [-0.3, -0.25) is 0 Å². The monoisotopic (exact) mass is 243 g/mol. The first-order valence-electron chi connectivity index (χ1n) is 5.92. The first kappa shape index (κ1) is 12.6. The molecule has 0 fully saturated rings. The van der Waals surface area contributed by atoms with Crippen LogP contribution < -0.4 is 4.74 Å². The number of hydrogen-bond donors (Lipinski definition) is 1. The molecule has 1 N–H and O–H groups in total. The van der Waals surface area contributed by atoms with Gasteiger partial charge in [0.25, 0.3) is 0 Å². The fraction of sp³-hybridized carbons (Fsp3) is 0.267. The van der Waals surface area contributed by atoms with Gasteiger partial charge in [-0.25, -0.2) is 4.98 Å².